The molecule has 24 heavy (non-hydrogen) atoms. The molecule has 0 aromatic heterocycles. The van der Waals surface area contributed by atoms with Crippen LogP contribution in [0.4, 0.5) is 4.79 Å². The lowest BCUT2D eigenvalue weighted by Crippen LogP contribution is -2.38. The van der Waals surface area contributed by atoms with Crippen molar-refractivity contribution in [1.82, 2.24) is 5.32 Å². The number of rotatable bonds is 5. The maximum Gasteiger partial charge on any atom is 0.410 e. The molecule has 3 rings (SSSR count). The van der Waals surface area contributed by atoms with Gasteiger partial charge in [0.05, 0.1) is 7.11 Å². The third-order valence-corrected chi connectivity index (χ3v) is 3.99. The van der Waals surface area contributed by atoms with E-state index in [-0.39, 0.29) is 6.61 Å². The Kier molecular flexibility index (Phi) is 4.89. The third kappa shape index (κ3) is 3.62. The van der Waals surface area contributed by atoms with E-state index in [2.05, 4.69) is 12.2 Å². The lowest BCUT2D eigenvalue weighted by molar-refractivity contribution is 0.112. The molecule has 2 aromatic carbocycles. The lowest BCUT2D eigenvalue weighted by atomic mass is 10.1. The van der Waals surface area contributed by atoms with E-state index < -0.39 is 12.3 Å². The van der Waals surface area contributed by atoms with Crippen LogP contribution in [0.1, 0.15) is 23.6 Å². The summed E-state index contributed by atoms with van der Waals surface area (Å²) in [7, 11) is 1.65. The Balaban J connectivity index is 1.58. The highest BCUT2D eigenvalue weighted by molar-refractivity contribution is 5.68. The largest absolute Gasteiger partial charge is 0.497 e. The predicted molar refractivity (Wildman–Crippen MR) is 90.3 cm³/mol. The predicted octanol–water partition coefficient (Wildman–Crippen LogP) is 3.45. The quantitative estimate of drug-likeness (QED) is 0.914. The first-order chi connectivity index (χ1) is 11.7. The fraction of sp³-hybridized carbons (Fsp3) is 0.316. The van der Waals surface area contributed by atoms with Crippen LogP contribution in [0.3, 0.4) is 0 Å². The summed E-state index contributed by atoms with van der Waals surface area (Å²) in [6, 6.07) is 13.5. The summed E-state index contributed by atoms with van der Waals surface area (Å²) in [5, 5.41) is 2.76. The van der Waals surface area contributed by atoms with Crippen LogP contribution < -0.4 is 14.8 Å². The molecular formula is C19H21NO4. The van der Waals surface area contributed by atoms with Crippen molar-refractivity contribution in [1.29, 1.82) is 0 Å². The monoisotopic (exact) mass is 327 g/mol. The Morgan fingerprint density at radius 2 is 2.08 bits per heavy atom. The Morgan fingerprint density at radius 1 is 1.29 bits per heavy atom. The van der Waals surface area contributed by atoms with Crippen molar-refractivity contribution in [3.8, 4) is 11.5 Å². The van der Waals surface area contributed by atoms with E-state index in [1.54, 1.807) is 7.11 Å². The maximum atomic E-state index is 12.0. The van der Waals surface area contributed by atoms with E-state index >= 15 is 0 Å². The Bertz CT molecular complexity index is 715. The normalized spacial score (nSPS) is 15.3. The van der Waals surface area contributed by atoms with E-state index in [4.69, 9.17) is 14.2 Å². The van der Waals surface area contributed by atoms with Gasteiger partial charge in [0.2, 0.25) is 0 Å². The van der Waals surface area contributed by atoms with Gasteiger partial charge in [-0.1, -0.05) is 37.3 Å². The first-order valence-electron chi connectivity index (χ1n) is 8.03. The smallest absolute Gasteiger partial charge is 0.410 e. The molecule has 0 spiro atoms. The Hall–Kier alpha value is -2.69. The van der Waals surface area contributed by atoms with Gasteiger partial charge < -0.3 is 14.2 Å². The van der Waals surface area contributed by atoms with Gasteiger partial charge in [-0.05, 0) is 29.7 Å². The van der Waals surface area contributed by atoms with Crippen molar-refractivity contribution in [2.75, 3.05) is 7.11 Å². The summed E-state index contributed by atoms with van der Waals surface area (Å²) in [6.45, 7) is 2.30. The van der Waals surface area contributed by atoms with E-state index in [1.165, 1.54) is 0 Å². The summed E-state index contributed by atoms with van der Waals surface area (Å²) < 4.78 is 16.4. The van der Waals surface area contributed by atoms with Gasteiger partial charge in [-0.25, -0.2) is 4.79 Å². The highest BCUT2D eigenvalue weighted by Crippen LogP contribution is 2.35. The fourth-order valence-electron chi connectivity index (χ4n) is 2.77. The summed E-state index contributed by atoms with van der Waals surface area (Å²) in [6.07, 6.45) is 0.535. The van der Waals surface area contributed by atoms with E-state index in [0.29, 0.717) is 6.42 Å². The van der Waals surface area contributed by atoms with Crippen LogP contribution in [-0.2, 0) is 24.2 Å². The molecule has 0 aliphatic carbocycles. The van der Waals surface area contributed by atoms with E-state index in [0.717, 1.165) is 34.6 Å². The number of hydrogen-bond donors (Lipinski definition) is 1. The van der Waals surface area contributed by atoms with Crippen molar-refractivity contribution in [2.24, 2.45) is 0 Å². The van der Waals surface area contributed by atoms with Crippen molar-refractivity contribution < 1.29 is 19.0 Å². The topological polar surface area (TPSA) is 56.8 Å². The number of benzene rings is 2. The zero-order valence-corrected chi connectivity index (χ0v) is 13.9. The summed E-state index contributed by atoms with van der Waals surface area (Å²) in [4.78, 5) is 12.0. The molecule has 1 atom stereocenters. The highest BCUT2D eigenvalue weighted by Gasteiger charge is 2.27. The highest BCUT2D eigenvalue weighted by atomic mass is 16.6. The van der Waals surface area contributed by atoms with Crippen LogP contribution in [-0.4, -0.2) is 19.4 Å². The average Bonchev–Trinajstić information content (AvgIpc) is 3.02. The second-order valence-corrected chi connectivity index (χ2v) is 5.65. The molecule has 1 aliphatic rings. The van der Waals surface area contributed by atoms with Gasteiger partial charge >= 0.3 is 6.09 Å². The average molecular weight is 327 g/mol. The first kappa shape index (κ1) is 16.2. The standard InChI is InChI=1S/C19H21NO4/c1-3-14-9-16(22-2)10-15-11-17(24-18(14)15)20-19(21)23-12-13-7-5-4-6-8-13/h4-10,17H,3,11-12H2,1-2H3,(H,20,21). The summed E-state index contributed by atoms with van der Waals surface area (Å²) in [5.41, 5.74) is 3.06. The molecule has 1 aliphatic heterocycles. The molecule has 1 amide bonds. The molecule has 0 fully saturated rings. The lowest BCUT2D eigenvalue weighted by Gasteiger charge is -2.14. The molecule has 2 aromatic rings. The number of nitrogens with one attached hydrogen (secondary N) is 1. The van der Waals surface area contributed by atoms with Crippen molar-refractivity contribution in [3.63, 3.8) is 0 Å². The van der Waals surface area contributed by atoms with Crippen LogP contribution in [0.2, 0.25) is 0 Å². The number of alkyl carbamates (subject to hydrolysis) is 1. The number of aryl methyl sites for hydroxylation is 1. The molecule has 0 saturated heterocycles. The number of amides is 1. The van der Waals surface area contributed by atoms with Crippen LogP contribution in [0.25, 0.3) is 0 Å². The molecule has 126 valence electrons. The van der Waals surface area contributed by atoms with E-state index in [9.17, 15) is 4.79 Å². The van der Waals surface area contributed by atoms with Gasteiger partial charge in [0.25, 0.3) is 0 Å². The SMILES string of the molecule is CCc1cc(OC)cc2c1OC(NC(=O)OCc1ccccc1)C2. The number of fused-ring (bicyclic) bond motifs is 1. The maximum absolute atomic E-state index is 12.0. The zero-order chi connectivity index (χ0) is 16.9. The number of carbonyl (C=O) groups excluding carboxylic acids is 1. The summed E-state index contributed by atoms with van der Waals surface area (Å²) in [5.74, 6) is 1.65. The molecule has 5 nitrogen and oxygen atoms in total. The van der Waals surface area contributed by atoms with Crippen LogP contribution in [0.15, 0.2) is 42.5 Å². The van der Waals surface area contributed by atoms with Crippen molar-refractivity contribution >= 4 is 6.09 Å². The van der Waals surface area contributed by atoms with E-state index in [1.807, 2.05) is 42.5 Å². The number of carbonyl (C=O) groups is 1. The molecule has 1 heterocycles. The van der Waals surface area contributed by atoms with Gasteiger partial charge in [0, 0.05) is 12.0 Å². The molecular weight excluding hydrogens is 306 g/mol. The molecule has 0 radical (unpaired) electrons. The van der Waals surface area contributed by atoms with Gasteiger partial charge in [0.15, 0.2) is 6.23 Å². The zero-order valence-electron chi connectivity index (χ0n) is 13.9. The van der Waals surface area contributed by atoms with Gasteiger partial charge in [0.1, 0.15) is 18.1 Å². The second-order valence-electron chi connectivity index (χ2n) is 5.65. The van der Waals surface area contributed by atoms with Crippen LogP contribution >= 0.6 is 0 Å². The molecule has 0 bridgehead atoms. The fourth-order valence-corrected chi connectivity index (χ4v) is 2.77. The minimum Gasteiger partial charge on any atom is -0.497 e. The summed E-state index contributed by atoms with van der Waals surface area (Å²) >= 11 is 0. The van der Waals surface area contributed by atoms with Crippen molar-refractivity contribution in [3.05, 3.63) is 59.2 Å². The van der Waals surface area contributed by atoms with Gasteiger partial charge in [-0.15, -0.1) is 0 Å². The minimum absolute atomic E-state index is 0.236. The van der Waals surface area contributed by atoms with Crippen molar-refractivity contribution in [2.45, 2.75) is 32.6 Å². The molecule has 5 heteroatoms. The Labute approximate surface area is 141 Å². The van der Waals surface area contributed by atoms with Gasteiger partial charge in [-0.3, -0.25) is 5.32 Å². The third-order valence-electron chi connectivity index (χ3n) is 3.99. The minimum atomic E-state index is -0.485. The van der Waals surface area contributed by atoms with Crippen LogP contribution in [0, 0.1) is 0 Å². The first-order valence-corrected chi connectivity index (χ1v) is 8.03. The molecule has 0 saturated carbocycles. The van der Waals surface area contributed by atoms with Gasteiger partial charge in [-0.2, -0.15) is 0 Å². The second kappa shape index (κ2) is 7.25. The number of hydrogen-bond acceptors (Lipinski definition) is 4. The Morgan fingerprint density at radius 3 is 2.79 bits per heavy atom. The molecule has 1 N–H and O–H groups in total. The molecule has 1 unspecified atom stereocenters. The number of methoxy groups -OCH3 is 1. The van der Waals surface area contributed by atoms with Crippen LogP contribution in [0.5, 0.6) is 11.5 Å². The number of ether oxygens (including phenoxy) is 3.